The van der Waals surface area contributed by atoms with Gasteiger partial charge in [-0.25, -0.2) is 22.2 Å². The minimum absolute atomic E-state index is 0.00682. The van der Waals surface area contributed by atoms with Crippen LogP contribution in [0.2, 0.25) is 5.02 Å². The first kappa shape index (κ1) is 27.6. The van der Waals surface area contributed by atoms with Gasteiger partial charge in [0.05, 0.1) is 10.8 Å². The molecule has 1 unspecified atom stereocenters. The van der Waals surface area contributed by atoms with E-state index in [2.05, 4.69) is 9.71 Å². The Balaban J connectivity index is 1.75. The van der Waals surface area contributed by atoms with Gasteiger partial charge in [0.2, 0.25) is 10.0 Å². The van der Waals surface area contributed by atoms with Gasteiger partial charge in [-0.1, -0.05) is 37.6 Å². The van der Waals surface area contributed by atoms with Crippen LogP contribution in [0.25, 0.3) is 11.1 Å². The predicted molar refractivity (Wildman–Crippen MR) is 140 cm³/mol. The zero-order valence-corrected chi connectivity index (χ0v) is 21.8. The molecule has 3 rings (SSSR count). The van der Waals surface area contributed by atoms with Gasteiger partial charge in [0.25, 0.3) is 0 Å². The summed E-state index contributed by atoms with van der Waals surface area (Å²) < 4.78 is 61.3. The number of nitrogen functional groups attached to an aromatic ring is 1. The molecule has 3 aromatic rings. The summed E-state index contributed by atoms with van der Waals surface area (Å²) in [6.07, 6.45) is 0.590. The van der Waals surface area contributed by atoms with Gasteiger partial charge in [-0.15, -0.1) is 0 Å². The van der Waals surface area contributed by atoms with E-state index in [-0.39, 0.29) is 27.9 Å². The molecule has 1 atom stereocenters. The third kappa shape index (κ3) is 6.83. The highest BCUT2D eigenvalue weighted by Crippen LogP contribution is 2.35. The van der Waals surface area contributed by atoms with Crippen molar-refractivity contribution in [2.45, 2.75) is 26.9 Å². The van der Waals surface area contributed by atoms with E-state index < -0.39 is 27.8 Å². The number of halogens is 3. The van der Waals surface area contributed by atoms with Crippen LogP contribution in [0.4, 0.5) is 20.3 Å². The van der Waals surface area contributed by atoms with Crippen LogP contribution < -0.4 is 15.2 Å². The molecular formula is C25H29ClF2N4O3S. The van der Waals surface area contributed by atoms with E-state index in [1.165, 1.54) is 13.1 Å². The van der Waals surface area contributed by atoms with Crippen LogP contribution in [0.15, 0.2) is 48.7 Å². The van der Waals surface area contributed by atoms with Crippen molar-refractivity contribution in [3.63, 3.8) is 0 Å². The highest BCUT2D eigenvalue weighted by molar-refractivity contribution is 7.92. The number of ether oxygens (including phenoxy) is 1. The van der Waals surface area contributed by atoms with Crippen LogP contribution in [0.1, 0.15) is 32.4 Å². The van der Waals surface area contributed by atoms with Gasteiger partial charge in [-0.3, -0.25) is 4.72 Å². The average Bonchev–Trinajstić information content (AvgIpc) is 2.84. The normalized spacial score (nSPS) is 12.5. The van der Waals surface area contributed by atoms with Gasteiger partial charge in [-0.2, -0.15) is 0 Å². The Labute approximate surface area is 215 Å². The quantitative estimate of drug-likeness (QED) is 0.313. The first-order chi connectivity index (χ1) is 17.0. The second-order valence-corrected chi connectivity index (χ2v) is 10.4. The molecular weight excluding hydrogens is 510 g/mol. The molecule has 7 nitrogen and oxygen atoms in total. The van der Waals surface area contributed by atoms with E-state index in [4.69, 9.17) is 22.1 Å². The predicted octanol–water partition coefficient (Wildman–Crippen LogP) is 5.49. The molecule has 0 aliphatic heterocycles. The van der Waals surface area contributed by atoms with Gasteiger partial charge in [0, 0.05) is 29.6 Å². The molecule has 1 aromatic heterocycles. The Morgan fingerprint density at radius 2 is 1.72 bits per heavy atom. The summed E-state index contributed by atoms with van der Waals surface area (Å²) in [5, 5.41) is -0.361. The number of anilines is 2. The fourth-order valence-corrected chi connectivity index (χ4v) is 5.03. The lowest BCUT2D eigenvalue weighted by atomic mass is 10.1. The topological polar surface area (TPSA) is 97.6 Å². The summed E-state index contributed by atoms with van der Waals surface area (Å²) >= 11 is 5.94. The third-order valence-corrected chi connectivity index (χ3v) is 7.38. The smallest absolute Gasteiger partial charge is 0.233 e. The van der Waals surface area contributed by atoms with Crippen molar-refractivity contribution in [1.29, 1.82) is 0 Å². The maximum absolute atomic E-state index is 14.3. The SMILES string of the molecule is CCN(CC)CCS(=O)(=O)Nc1ccc(-c2cnc(N)c(OC(C)c3c(F)ccc(F)c3Cl)c2)cc1. The number of sulfonamides is 1. The van der Waals surface area contributed by atoms with Crippen molar-refractivity contribution >= 4 is 33.1 Å². The zero-order valence-electron chi connectivity index (χ0n) is 20.3. The van der Waals surface area contributed by atoms with E-state index in [0.717, 1.165) is 30.8 Å². The number of nitrogens with one attached hydrogen (secondary N) is 1. The summed E-state index contributed by atoms with van der Waals surface area (Å²) in [5.41, 5.74) is 7.61. The zero-order chi connectivity index (χ0) is 26.5. The molecule has 11 heteroatoms. The fraction of sp³-hybridized carbons (Fsp3) is 0.320. The van der Waals surface area contributed by atoms with Crippen molar-refractivity contribution in [2.75, 3.05) is 35.8 Å². The minimum Gasteiger partial charge on any atom is -0.482 e. The largest absolute Gasteiger partial charge is 0.482 e. The molecule has 2 aromatic carbocycles. The van der Waals surface area contributed by atoms with Gasteiger partial charge in [0.15, 0.2) is 11.6 Å². The standard InChI is InChI=1S/C25H29ClF2N4O3S/c1-4-32(5-2)12-13-36(33,34)31-19-8-6-17(7-9-19)18-14-22(25(29)30-15-18)35-16(3)23-20(27)10-11-21(28)24(23)26/h6-11,14-16,31H,4-5,12-13H2,1-3H3,(H2,29,30). The van der Waals surface area contributed by atoms with Crippen molar-refractivity contribution in [3.05, 3.63) is 70.9 Å². The van der Waals surface area contributed by atoms with Crippen LogP contribution in [0, 0.1) is 11.6 Å². The molecule has 0 saturated carbocycles. The van der Waals surface area contributed by atoms with E-state index >= 15 is 0 Å². The Morgan fingerprint density at radius 1 is 1.08 bits per heavy atom. The van der Waals surface area contributed by atoms with Crippen LogP contribution in [0.3, 0.4) is 0 Å². The van der Waals surface area contributed by atoms with Gasteiger partial charge < -0.3 is 15.4 Å². The second kappa shape index (κ2) is 11.9. The van der Waals surface area contributed by atoms with Crippen molar-refractivity contribution < 1.29 is 21.9 Å². The summed E-state index contributed by atoms with van der Waals surface area (Å²) in [4.78, 5) is 6.17. The van der Waals surface area contributed by atoms with E-state index in [1.54, 1.807) is 30.3 Å². The number of rotatable bonds is 11. The van der Waals surface area contributed by atoms with Gasteiger partial charge in [-0.05, 0) is 55.9 Å². The van der Waals surface area contributed by atoms with E-state index in [9.17, 15) is 17.2 Å². The molecule has 0 bridgehead atoms. The number of hydrogen-bond donors (Lipinski definition) is 2. The summed E-state index contributed by atoms with van der Waals surface area (Å²) in [7, 11) is -3.50. The molecule has 0 spiro atoms. The summed E-state index contributed by atoms with van der Waals surface area (Å²) in [6, 6.07) is 10.3. The molecule has 36 heavy (non-hydrogen) atoms. The molecule has 0 amide bonds. The van der Waals surface area contributed by atoms with E-state index in [0.29, 0.717) is 17.8 Å². The second-order valence-electron chi connectivity index (χ2n) is 8.15. The van der Waals surface area contributed by atoms with Crippen molar-refractivity contribution in [1.82, 2.24) is 9.88 Å². The first-order valence-electron chi connectivity index (χ1n) is 11.4. The maximum Gasteiger partial charge on any atom is 0.233 e. The summed E-state index contributed by atoms with van der Waals surface area (Å²) in [6.45, 7) is 7.51. The molecule has 0 aliphatic rings. The third-order valence-electron chi connectivity index (χ3n) is 5.73. The minimum atomic E-state index is -3.50. The average molecular weight is 539 g/mol. The maximum atomic E-state index is 14.3. The number of aromatic nitrogens is 1. The number of nitrogens with two attached hydrogens (primary N) is 1. The molecule has 0 fully saturated rings. The van der Waals surface area contributed by atoms with Crippen LogP contribution in [-0.4, -0.2) is 43.7 Å². The van der Waals surface area contributed by atoms with E-state index in [1.807, 2.05) is 18.7 Å². The number of pyridine rings is 1. The molecule has 3 N–H and O–H groups in total. The monoisotopic (exact) mass is 538 g/mol. The lowest BCUT2D eigenvalue weighted by Gasteiger charge is -2.19. The Hall–Kier alpha value is -2.95. The Bertz CT molecular complexity index is 1300. The van der Waals surface area contributed by atoms with Crippen LogP contribution in [0.5, 0.6) is 5.75 Å². The highest BCUT2D eigenvalue weighted by Gasteiger charge is 2.21. The number of nitrogens with zero attached hydrogens (tertiary/aromatic N) is 2. The lowest BCUT2D eigenvalue weighted by molar-refractivity contribution is 0.221. The fourth-order valence-electron chi connectivity index (χ4n) is 3.62. The van der Waals surface area contributed by atoms with Gasteiger partial charge >= 0.3 is 0 Å². The molecule has 194 valence electrons. The van der Waals surface area contributed by atoms with Crippen LogP contribution in [-0.2, 0) is 10.0 Å². The summed E-state index contributed by atoms with van der Waals surface area (Å²) in [5.74, 6) is -1.23. The molecule has 1 heterocycles. The number of hydrogen-bond acceptors (Lipinski definition) is 6. The van der Waals surface area contributed by atoms with Crippen LogP contribution >= 0.6 is 11.6 Å². The number of benzene rings is 2. The Kier molecular flexibility index (Phi) is 9.10. The van der Waals surface area contributed by atoms with Crippen molar-refractivity contribution in [3.8, 4) is 16.9 Å². The lowest BCUT2D eigenvalue weighted by Crippen LogP contribution is -2.31. The molecule has 0 aliphatic carbocycles. The highest BCUT2D eigenvalue weighted by atomic mass is 35.5. The Morgan fingerprint density at radius 3 is 2.36 bits per heavy atom. The first-order valence-corrected chi connectivity index (χ1v) is 13.5. The molecule has 0 saturated heterocycles. The van der Waals surface area contributed by atoms with Gasteiger partial charge in [0.1, 0.15) is 17.7 Å². The van der Waals surface area contributed by atoms with Crippen molar-refractivity contribution in [2.24, 2.45) is 0 Å². The molecule has 0 radical (unpaired) electrons.